The molecule has 8 heteroatoms. The van der Waals surface area contributed by atoms with Crippen LogP contribution in [0.3, 0.4) is 0 Å². The summed E-state index contributed by atoms with van der Waals surface area (Å²) in [6, 6.07) is 13.1. The predicted molar refractivity (Wildman–Crippen MR) is 117 cm³/mol. The number of oxazole rings is 1. The van der Waals surface area contributed by atoms with Crippen molar-refractivity contribution in [1.82, 2.24) is 9.47 Å². The van der Waals surface area contributed by atoms with E-state index in [1.165, 1.54) is 4.90 Å². The summed E-state index contributed by atoms with van der Waals surface area (Å²) >= 11 is 0. The van der Waals surface area contributed by atoms with Gasteiger partial charge in [0.15, 0.2) is 5.58 Å². The number of aromatic nitrogens is 1. The molecule has 1 saturated heterocycles. The molecule has 1 fully saturated rings. The lowest BCUT2D eigenvalue weighted by atomic mass is 10.1. The summed E-state index contributed by atoms with van der Waals surface area (Å²) < 4.78 is 7.05. The normalized spacial score (nSPS) is 14.9. The topological polar surface area (TPSA) is 82.2 Å². The molecule has 0 unspecified atom stereocenters. The summed E-state index contributed by atoms with van der Waals surface area (Å²) in [5.41, 5.74) is 3.78. The predicted octanol–water partition coefficient (Wildman–Crippen LogP) is 2.90. The van der Waals surface area contributed by atoms with Crippen LogP contribution in [0.25, 0.3) is 11.1 Å². The van der Waals surface area contributed by atoms with Gasteiger partial charge in [-0.25, -0.2) is 9.59 Å². The number of piperazine rings is 1. The highest BCUT2D eigenvalue weighted by atomic mass is 16.4. The van der Waals surface area contributed by atoms with Crippen LogP contribution >= 0.6 is 0 Å². The van der Waals surface area contributed by atoms with Crippen molar-refractivity contribution in [2.75, 3.05) is 49.6 Å². The van der Waals surface area contributed by atoms with Crippen molar-refractivity contribution in [3.05, 3.63) is 58.6 Å². The standard InChI is InChI=1S/C22H26N4O4/c1-3-25(21(27)28)18-6-4-5-16(13-18)15-26-19-14-17(7-8-20(19)30-22(26)29)24-11-9-23(2)10-12-24/h4-8,13-14H,3,9-12,15H2,1-2H3,(H,27,28). The second-order valence-electron chi connectivity index (χ2n) is 7.59. The van der Waals surface area contributed by atoms with E-state index in [4.69, 9.17) is 4.42 Å². The molecule has 158 valence electrons. The van der Waals surface area contributed by atoms with E-state index in [9.17, 15) is 14.7 Å². The molecule has 0 spiro atoms. The third-order valence-corrected chi connectivity index (χ3v) is 5.63. The highest BCUT2D eigenvalue weighted by molar-refractivity contribution is 5.86. The molecule has 1 aliphatic rings. The van der Waals surface area contributed by atoms with Crippen molar-refractivity contribution in [2.24, 2.45) is 0 Å². The van der Waals surface area contributed by atoms with Crippen LogP contribution in [0.5, 0.6) is 0 Å². The molecule has 1 aliphatic heterocycles. The second kappa shape index (κ2) is 8.23. The summed E-state index contributed by atoms with van der Waals surface area (Å²) in [6.07, 6.45) is -1.00. The lowest BCUT2D eigenvalue weighted by Gasteiger charge is -2.34. The van der Waals surface area contributed by atoms with Crippen LogP contribution in [-0.4, -0.2) is 60.4 Å². The van der Waals surface area contributed by atoms with Crippen LogP contribution in [0.1, 0.15) is 12.5 Å². The number of likely N-dealkylation sites (N-methyl/N-ethyl adjacent to an activating group) is 1. The average Bonchev–Trinajstić information content (AvgIpc) is 3.04. The number of anilines is 2. The van der Waals surface area contributed by atoms with Gasteiger partial charge in [-0.05, 0) is 49.9 Å². The zero-order chi connectivity index (χ0) is 21.3. The van der Waals surface area contributed by atoms with E-state index in [0.717, 1.165) is 42.9 Å². The number of carboxylic acid groups (broad SMARTS) is 1. The lowest BCUT2D eigenvalue weighted by molar-refractivity contribution is 0.202. The number of carbonyl (C=O) groups is 1. The Labute approximate surface area is 174 Å². The zero-order valence-electron chi connectivity index (χ0n) is 17.2. The molecule has 1 aromatic heterocycles. The molecule has 0 saturated carbocycles. The number of benzene rings is 2. The third-order valence-electron chi connectivity index (χ3n) is 5.63. The van der Waals surface area contributed by atoms with Crippen LogP contribution < -0.4 is 15.6 Å². The van der Waals surface area contributed by atoms with Gasteiger partial charge in [0, 0.05) is 44.1 Å². The molecule has 2 aromatic carbocycles. The van der Waals surface area contributed by atoms with Crippen molar-refractivity contribution < 1.29 is 14.3 Å². The fourth-order valence-electron chi connectivity index (χ4n) is 3.90. The van der Waals surface area contributed by atoms with E-state index in [1.54, 1.807) is 29.7 Å². The van der Waals surface area contributed by atoms with Gasteiger partial charge in [0.05, 0.1) is 12.1 Å². The van der Waals surface area contributed by atoms with Crippen molar-refractivity contribution in [3.63, 3.8) is 0 Å². The van der Waals surface area contributed by atoms with Gasteiger partial charge in [0.25, 0.3) is 0 Å². The van der Waals surface area contributed by atoms with Gasteiger partial charge in [0.1, 0.15) is 0 Å². The van der Waals surface area contributed by atoms with Gasteiger partial charge >= 0.3 is 11.8 Å². The zero-order valence-corrected chi connectivity index (χ0v) is 17.2. The van der Waals surface area contributed by atoms with Crippen LogP contribution in [0.4, 0.5) is 16.2 Å². The number of rotatable bonds is 5. The monoisotopic (exact) mass is 410 g/mol. The number of nitrogens with zero attached hydrogens (tertiary/aromatic N) is 4. The molecular formula is C22H26N4O4. The van der Waals surface area contributed by atoms with E-state index < -0.39 is 11.8 Å². The van der Waals surface area contributed by atoms with Gasteiger partial charge in [-0.1, -0.05) is 12.1 Å². The van der Waals surface area contributed by atoms with Gasteiger partial charge in [-0.15, -0.1) is 0 Å². The number of hydrogen-bond donors (Lipinski definition) is 1. The van der Waals surface area contributed by atoms with Crippen LogP contribution in [-0.2, 0) is 6.54 Å². The molecule has 30 heavy (non-hydrogen) atoms. The van der Waals surface area contributed by atoms with Gasteiger partial charge in [-0.3, -0.25) is 9.47 Å². The Morgan fingerprint density at radius 3 is 2.60 bits per heavy atom. The van der Waals surface area contributed by atoms with Gasteiger partial charge < -0.3 is 19.3 Å². The highest BCUT2D eigenvalue weighted by Crippen LogP contribution is 2.24. The van der Waals surface area contributed by atoms with Crippen molar-refractivity contribution in [2.45, 2.75) is 13.5 Å². The minimum atomic E-state index is -1.00. The minimum Gasteiger partial charge on any atom is -0.465 e. The minimum absolute atomic E-state index is 0.309. The molecule has 0 atom stereocenters. The molecular weight excluding hydrogens is 384 g/mol. The number of hydrogen-bond acceptors (Lipinski definition) is 5. The summed E-state index contributed by atoms with van der Waals surface area (Å²) in [7, 11) is 2.12. The number of amides is 1. The van der Waals surface area contributed by atoms with Gasteiger partial charge in [-0.2, -0.15) is 0 Å². The first-order chi connectivity index (χ1) is 14.5. The first-order valence-electron chi connectivity index (χ1n) is 10.1. The smallest absolute Gasteiger partial charge is 0.420 e. The molecule has 1 N–H and O–H groups in total. The summed E-state index contributed by atoms with van der Waals surface area (Å²) in [6.45, 7) is 6.32. The summed E-state index contributed by atoms with van der Waals surface area (Å²) in [5, 5.41) is 9.38. The maximum atomic E-state index is 12.5. The fraction of sp³-hybridized carbons (Fsp3) is 0.364. The third kappa shape index (κ3) is 3.91. The maximum Gasteiger partial charge on any atom is 0.420 e. The van der Waals surface area contributed by atoms with Gasteiger partial charge in [0.2, 0.25) is 0 Å². The molecule has 0 radical (unpaired) electrons. The molecule has 1 amide bonds. The van der Waals surface area contributed by atoms with E-state index in [1.807, 2.05) is 24.3 Å². The quantitative estimate of drug-likeness (QED) is 0.697. The molecule has 4 rings (SSSR count). The van der Waals surface area contributed by atoms with Crippen LogP contribution in [0, 0.1) is 0 Å². The Bertz CT molecular complexity index is 1110. The Morgan fingerprint density at radius 2 is 1.90 bits per heavy atom. The average molecular weight is 410 g/mol. The summed E-state index contributed by atoms with van der Waals surface area (Å²) in [4.78, 5) is 29.9. The molecule has 0 bridgehead atoms. The molecule has 0 aliphatic carbocycles. The molecule has 8 nitrogen and oxygen atoms in total. The van der Waals surface area contributed by atoms with Crippen molar-refractivity contribution in [3.8, 4) is 0 Å². The first-order valence-corrected chi connectivity index (χ1v) is 10.1. The van der Waals surface area contributed by atoms with Crippen LogP contribution in [0.2, 0.25) is 0 Å². The van der Waals surface area contributed by atoms with Crippen molar-refractivity contribution >= 4 is 28.6 Å². The lowest BCUT2D eigenvalue weighted by Crippen LogP contribution is -2.44. The molecule has 2 heterocycles. The summed E-state index contributed by atoms with van der Waals surface area (Å²) in [5.74, 6) is -0.420. The molecule has 3 aromatic rings. The Hall–Kier alpha value is -3.26. The van der Waals surface area contributed by atoms with E-state index in [-0.39, 0.29) is 0 Å². The van der Waals surface area contributed by atoms with E-state index in [2.05, 4.69) is 16.8 Å². The Balaban J connectivity index is 1.66. The maximum absolute atomic E-state index is 12.5. The fourth-order valence-corrected chi connectivity index (χ4v) is 3.90. The second-order valence-corrected chi connectivity index (χ2v) is 7.59. The SMILES string of the molecule is CCN(C(=O)O)c1cccc(Cn2c(=O)oc3ccc(N4CCN(C)CC4)cc32)c1. The van der Waals surface area contributed by atoms with E-state index >= 15 is 0 Å². The Kier molecular flexibility index (Phi) is 5.50. The highest BCUT2D eigenvalue weighted by Gasteiger charge is 2.18. The van der Waals surface area contributed by atoms with Crippen molar-refractivity contribution in [1.29, 1.82) is 0 Å². The first kappa shape index (κ1) is 20.0. The van der Waals surface area contributed by atoms with E-state index in [0.29, 0.717) is 24.4 Å². The van der Waals surface area contributed by atoms with Crippen LogP contribution in [0.15, 0.2) is 51.7 Å². The largest absolute Gasteiger partial charge is 0.465 e. The number of fused-ring (bicyclic) bond motifs is 1. The Morgan fingerprint density at radius 1 is 1.13 bits per heavy atom.